The third-order valence-corrected chi connectivity index (χ3v) is 4.41. The molecule has 0 aliphatic carbocycles. The number of hydrogen-bond acceptors (Lipinski definition) is 3. The second-order valence-electron chi connectivity index (χ2n) is 5.61. The lowest BCUT2D eigenvalue weighted by molar-refractivity contribution is -0.126. The first-order chi connectivity index (χ1) is 12.0. The Hall–Kier alpha value is -2.24. The van der Waals surface area contributed by atoms with Gasteiger partial charge in [0.1, 0.15) is 18.4 Å². The van der Waals surface area contributed by atoms with Crippen molar-refractivity contribution in [3.05, 3.63) is 58.1 Å². The number of nitrogens with zero attached hydrogens (tertiary/aromatic N) is 1. The zero-order valence-electron chi connectivity index (χ0n) is 13.5. The van der Waals surface area contributed by atoms with Gasteiger partial charge in [-0.1, -0.05) is 35.3 Å². The first-order valence-electron chi connectivity index (χ1n) is 7.72. The molecule has 1 aliphatic heterocycles. The third-order valence-electron chi connectivity index (χ3n) is 3.86. The molecule has 1 atom stereocenters. The summed E-state index contributed by atoms with van der Waals surface area (Å²) in [4.78, 5) is 25.7. The van der Waals surface area contributed by atoms with Crippen LogP contribution in [0.5, 0.6) is 5.75 Å². The summed E-state index contributed by atoms with van der Waals surface area (Å²) in [5.41, 5.74) is 1.40. The Morgan fingerprint density at radius 3 is 2.72 bits per heavy atom. The standard InChI is InChI=1S/C18H16Cl2N2O3/c1-11(23)21-17-13-10-12(19)6-7-15(13)22(18(17)24)8-9-25-16-5-3-2-4-14(16)20/h2-7,10,17H,8-9H2,1H3,(H,21,23)/t17-/m0/s1. The molecule has 0 unspecified atom stereocenters. The Bertz CT molecular complexity index is 826. The number of halogens is 2. The van der Waals surface area contributed by atoms with Gasteiger partial charge in [-0.25, -0.2) is 0 Å². The molecule has 0 fully saturated rings. The van der Waals surface area contributed by atoms with E-state index in [2.05, 4.69) is 5.32 Å². The molecule has 2 aromatic rings. The van der Waals surface area contributed by atoms with E-state index in [1.807, 2.05) is 12.1 Å². The van der Waals surface area contributed by atoms with Crippen LogP contribution in [0.2, 0.25) is 10.0 Å². The van der Waals surface area contributed by atoms with Crippen LogP contribution in [-0.2, 0) is 9.59 Å². The Labute approximate surface area is 155 Å². The predicted molar refractivity (Wildman–Crippen MR) is 97.3 cm³/mol. The highest BCUT2D eigenvalue weighted by Gasteiger charge is 2.37. The van der Waals surface area contributed by atoms with Gasteiger partial charge in [-0.15, -0.1) is 0 Å². The zero-order valence-corrected chi connectivity index (χ0v) is 15.0. The fourth-order valence-electron chi connectivity index (χ4n) is 2.79. The molecule has 0 aromatic heterocycles. The second-order valence-corrected chi connectivity index (χ2v) is 6.45. The zero-order chi connectivity index (χ0) is 18.0. The summed E-state index contributed by atoms with van der Waals surface area (Å²) in [5, 5.41) is 3.69. The normalized spacial score (nSPS) is 15.9. The summed E-state index contributed by atoms with van der Waals surface area (Å²) >= 11 is 12.1. The Morgan fingerprint density at radius 2 is 2.00 bits per heavy atom. The highest BCUT2D eigenvalue weighted by atomic mass is 35.5. The van der Waals surface area contributed by atoms with Crippen LogP contribution in [0.25, 0.3) is 0 Å². The van der Waals surface area contributed by atoms with Crippen molar-refractivity contribution < 1.29 is 14.3 Å². The number of nitrogens with one attached hydrogen (secondary N) is 1. The lowest BCUT2D eigenvalue weighted by Crippen LogP contribution is -2.38. The molecule has 130 valence electrons. The van der Waals surface area contributed by atoms with Crippen LogP contribution in [0.15, 0.2) is 42.5 Å². The van der Waals surface area contributed by atoms with E-state index in [-0.39, 0.29) is 18.4 Å². The summed E-state index contributed by atoms with van der Waals surface area (Å²) in [7, 11) is 0. The molecule has 0 radical (unpaired) electrons. The number of para-hydroxylation sites is 1. The summed E-state index contributed by atoms with van der Waals surface area (Å²) in [6.45, 7) is 1.97. The lowest BCUT2D eigenvalue weighted by atomic mass is 10.1. The van der Waals surface area contributed by atoms with Gasteiger partial charge in [0.25, 0.3) is 5.91 Å². The molecule has 3 rings (SSSR count). The van der Waals surface area contributed by atoms with Gasteiger partial charge in [0.2, 0.25) is 5.91 Å². The molecule has 2 amide bonds. The molecule has 5 nitrogen and oxygen atoms in total. The van der Waals surface area contributed by atoms with E-state index in [4.69, 9.17) is 27.9 Å². The number of anilines is 1. The van der Waals surface area contributed by atoms with Crippen molar-refractivity contribution in [2.24, 2.45) is 0 Å². The van der Waals surface area contributed by atoms with E-state index >= 15 is 0 Å². The molecular formula is C18H16Cl2N2O3. The van der Waals surface area contributed by atoms with Gasteiger partial charge in [0.05, 0.1) is 11.6 Å². The van der Waals surface area contributed by atoms with Crippen molar-refractivity contribution in [2.75, 3.05) is 18.1 Å². The Kier molecular flexibility index (Phi) is 5.16. The Morgan fingerprint density at radius 1 is 1.24 bits per heavy atom. The predicted octanol–water partition coefficient (Wildman–Crippen LogP) is 3.60. The van der Waals surface area contributed by atoms with E-state index in [0.717, 1.165) is 5.69 Å². The van der Waals surface area contributed by atoms with Crippen LogP contribution >= 0.6 is 23.2 Å². The van der Waals surface area contributed by atoms with Gasteiger partial charge in [-0.05, 0) is 30.3 Å². The largest absolute Gasteiger partial charge is 0.490 e. The second kappa shape index (κ2) is 7.33. The minimum Gasteiger partial charge on any atom is -0.490 e. The maximum atomic E-state index is 12.7. The maximum absolute atomic E-state index is 12.7. The van der Waals surface area contributed by atoms with E-state index in [9.17, 15) is 9.59 Å². The topological polar surface area (TPSA) is 58.6 Å². The summed E-state index contributed by atoms with van der Waals surface area (Å²) < 4.78 is 5.66. The van der Waals surface area contributed by atoms with Gasteiger partial charge in [-0.2, -0.15) is 0 Å². The van der Waals surface area contributed by atoms with Crippen LogP contribution in [0.4, 0.5) is 5.69 Å². The van der Waals surface area contributed by atoms with Crippen LogP contribution in [-0.4, -0.2) is 25.0 Å². The van der Waals surface area contributed by atoms with Crippen LogP contribution in [0.3, 0.4) is 0 Å². The molecule has 1 N–H and O–H groups in total. The van der Waals surface area contributed by atoms with Crippen molar-refractivity contribution in [3.63, 3.8) is 0 Å². The number of ether oxygens (including phenoxy) is 1. The highest BCUT2D eigenvalue weighted by Crippen LogP contribution is 2.37. The van der Waals surface area contributed by atoms with Gasteiger partial charge in [-0.3, -0.25) is 9.59 Å². The molecule has 2 aromatic carbocycles. The fourth-order valence-corrected chi connectivity index (χ4v) is 3.16. The monoisotopic (exact) mass is 378 g/mol. The number of amides is 2. The SMILES string of the molecule is CC(=O)N[C@@H]1C(=O)N(CCOc2ccccc2Cl)c2ccc(Cl)cc21. The van der Waals surface area contributed by atoms with E-state index in [0.29, 0.717) is 27.9 Å². The van der Waals surface area contributed by atoms with E-state index in [1.54, 1.807) is 35.2 Å². The van der Waals surface area contributed by atoms with Crippen molar-refractivity contribution in [1.82, 2.24) is 5.32 Å². The third kappa shape index (κ3) is 3.72. The molecule has 7 heteroatoms. The highest BCUT2D eigenvalue weighted by molar-refractivity contribution is 6.32. The molecule has 0 saturated heterocycles. The number of hydrogen-bond donors (Lipinski definition) is 1. The molecule has 1 aliphatic rings. The number of rotatable bonds is 5. The van der Waals surface area contributed by atoms with Gasteiger partial charge in [0.15, 0.2) is 0 Å². The van der Waals surface area contributed by atoms with Crippen LogP contribution in [0.1, 0.15) is 18.5 Å². The molecular weight excluding hydrogens is 363 g/mol. The van der Waals surface area contributed by atoms with E-state index < -0.39 is 6.04 Å². The van der Waals surface area contributed by atoms with Gasteiger partial charge >= 0.3 is 0 Å². The van der Waals surface area contributed by atoms with Gasteiger partial charge < -0.3 is 15.0 Å². The number of benzene rings is 2. The molecule has 1 heterocycles. The van der Waals surface area contributed by atoms with Crippen LogP contribution < -0.4 is 15.0 Å². The smallest absolute Gasteiger partial charge is 0.254 e. The first kappa shape index (κ1) is 17.6. The minimum absolute atomic E-state index is 0.213. The Balaban J connectivity index is 1.76. The van der Waals surface area contributed by atoms with Crippen molar-refractivity contribution in [2.45, 2.75) is 13.0 Å². The maximum Gasteiger partial charge on any atom is 0.254 e. The van der Waals surface area contributed by atoms with Crippen molar-refractivity contribution in [3.8, 4) is 5.75 Å². The fraction of sp³-hybridized carbons (Fsp3) is 0.222. The minimum atomic E-state index is -0.730. The average molecular weight is 379 g/mol. The lowest BCUT2D eigenvalue weighted by Gasteiger charge is -2.18. The molecule has 0 spiro atoms. The number of carbonyl (C=O) groups excluding carboxylic acids is 2. The van der Waals surface area contributed by atoms with E-state index in [1.165, 1.54) is 6.92 Å². The molecule has 0 bridgehead atoms. The number of fused-ring (bicyclic) bond motifs is 1. The average Bonchev–Trinajstić information content (AvgIpc) is 2.81. The molecule has 0 saturated carbocycles. The quantitative estimate of drug-likeness (QED) is 0.864. The summed E-state index contributed by atoms with van der Waals surface area (Å²) in [5.74, 6) is 0.0687. The van der Waals surface area contributed by atoms with Gasteiger partial charge in [0, 0.05) is 23.2 Å². The molecule has 25 heavy (non-hydrogen) atoms. The first-order valence-corrected chi connectivity index (χ1v) is 8.48. The summed E-state index contributed by atoms with van der Waals surface area (Å²) in [6.07, 6.45) is 0. The van der Waals surface area contributed by atoms with Crippen molar-refractivity contribution >= 4 is 40.7 Å². The van der Waals surface area contributed by atoms with Crippen molar-refractivity contribution in [1.29, 1.82) is 0 Å². The summed E-state index contributed by atoms with van der Waals surface area (Å²) in [6, 6.07) is 11.6. The van der Waals surface area contributed by atoms with Crippen LogP contribution in [0, 0.1) is 0 Å². The number of carbonyl (C=O) groups is 2.